The van der Waals surface area contributed by atoms with Gasteiger partial charge in [-0.3, -0.25) is 9.59 Å². The van der Waals surface area contributed by atoms with Crippen molar-refractivity contribution in [3.05, 3.63) is 69.5 Å². The summed E-state index contributed by atoms with van der Waals surface area (Å²) in [5.41, 5.74) is 1.13. The van der Waals surface area contributed by atoms with Crippen molar-refractivity contribution in [2.45, 2.75) is 45.5 Å². The van der Waals surface area contributed by atoms with Gasteiger partial charge in [-0.1, -0.05) is 68.2 Å². The van der Waals surface area contributed by atoms with Gasteiger partial charge in [0, 0.05) is 34.5 Å². The SMILES string of the molecule is CC[C@H](C(=O)NCC(C)C)N(Cc1ccccc1Cl)C(=O)CSCc1c(F)cccc1Cl. The predicted octanol–water partition coefficient (Wildman–Crippen LogP) is 5.95. The molecule has 0 bridgehead atoms. The van der Waals surface area contributed by atoms with Crippen molar-refractivity contribution in [2.75, 3.05) is 12.3 Å². The highest BCUT2D eigenvalue weighted by atomic mass is 35.5. The first-order valence-electron chi connectivity index (χ1n) is 10.6. The Kier molecular flexibility index (Phi) is 10.8. The zero-order chi connectivity index (χ0) is 23.7. The summed E-state index contributed by atoms with van der Waals surface area (Å²) < 4.78 is 14.0. The second-order valence-corrected chi connectivity index (χ2v) is 9.67. The summed E-state index contributed by atoms with van der Waals surface area (Å²) in [6.07, 6.45) is 0.462. The first-order chi connectivity index (χ1) is 15.2. The maximum absolute atomic E-state index is 14.0. The van der Waals surface area contributed by atoms with Crippen LogP contribution in [0.4, 0.5) is 4.39 Å². The monoisotopic (exact) mass is 498 g/mol. The third-order valence-electron chi connectivity index (χ3n) is 4.90. The molecule has 8 heteroatoms. The van der Waals surface area contributed by atoms with E-state index in [4.69, 9.17) is 23.2 Å². The van der Waals surface area contributed by atoms with Crippen molar-refractivity contribution >= 4 is 46.8 Å². The lowest BCUT2D eigenvalue weighted by Crippen LogP contribution is -2.50. The van der Waals surface area contributed by atoms with Gasteiger partial charge >= 0.3 is 0 Å². The van der Waals surface area contributed by atoms with Gasteiger partial charge in [0.05, 0.1) is 5.75 Å². The molecule has 2 aromatic rings. The van der Waals surface area contributed by atoms with Crippen LogP contribution in [0.15, 0.2) is 42.5 Å². The third kappa shape index (κ3) is 7.68. The molecule has 0 aliphatic rings. The summed E-state index contributed by atoms with van der Waals surface area (Å²) in [6, 6.07) is 11.1. The molecule has 0 spiro atoms. The highest BCUT2D eigenvalue weighted by Crippen LogP contribution is 2.25. The number of hydrogen-bond acceptors (Lipinski definition) is 3. The van der Waals surface area contributed by atoms with E-state index in [1.807, 2.05) is 39.0 Å². The molecule has 1 atom stereocenters. The van der Waals surface area contributed by atoms with E-state index in [9.17, 15) is 14.0 Å². The lowest BCUT2D eigenvalue weighted by molar-refractivity contribution is -0.139. The molecule has 4 nitrogen and oxygen atoms in total. The number of amides is 2. The number of carbonyl (C=O) groups is 2. The minimum atomic E-state index is -0.629. The zero-order valence-electron chi connectivity index (χ0n) is 18.5. The number of thioether (sulfide) groups is 1. The van der Waals surface area contributed by atoms with Gasteiger partial charge in [0.15, 0.2) is 0 Å². The average Bonchev–Trinajstić information content (AvgIpc) is 2.75. The quantitative estimate of drug-likeness (QED) is 0.416. The summed E-state index contributed by atoms with van der Waals surface area (Å²) in [5.74, 6) is -0.163. The Balaban J connectivity index is 2.17. The zero-order valence-corrected chi connectivity index (χ0v) is 20.9. The molecule has 0 aliphatic heterocycles. The van der Waals surface area contributed by atoms with Gasteiger partial charge in [-0.25, -0.2) is 4.39 Å². The maximum atomic E-state index is 14.0. The Morgan fingerprint density at radius 3 is 2.41 bits per heavy atom. The fraction of sp³-hybridized carbons (Fsp3) is 0.417. The topological polar surface area (TPSA) is 49.4 Å². The van der Waals surface area contributed by atoms with Gasteiger partial charge in [0.25, 0.3) is 0 Å². The molecule has 2 rings (SSSR count). The number of benzene rings is 2. The molecule has 0 aliphatic carbocycles. The molecule has 0 aromatic heterocycles. The van der Waals surface area contributed by atoms with Gasteiger partial charge in [-0.2, -0.15) is 0 Å². The highest BCUT2D eigenvalue weighted by molar-refractivity contribution is 7.99. The summed E-state index contributed by atoms with van der Waals surface area (Å²) in [6.45, 7) is 6.65. The number of carbonyl (C=O) groups excluding carboxylic acids is 2. The van der Waals surface area contributed by atoms with Crippen LogP contribution >= 0.6 is 35.0 Å². The van der Waals surface area contributed by atoms with Crippen LogP contribution in [-0.2, 0) is 21.9 Å². The number of halogens is 3. The van der Waals surface area contributed by atoms with E-state index < -0.39 is 11.9 Å². The molecule has 0 unspecified atom stereocenters. The second kappa shape index (κ2) is 13.1. The third-order valence-corrected chi connectivity index (χ3v) is 6.57. The summed E-state index contributed by atoms with van der Waals surface area (Å²) in [5, 5.41) is 3.79. The first kappa shape index (κ1) is 26.5. The van der Waals surface area contributed by atoms with Crippen LogP contribution in [0.5, 0.6) is 0 Å². The molecule has 1 N–H and O–H groups in total. The van der Waals surface area contributed by atoms with Crippen LogP contribution < -0.4 is 5.32 Å². The van der Waals surface area contributed by atoms with Crippen LogP contribution in [-0.4, -0.2) is 35.1 Å². The fourth-order valence-corrected chi connectivity index (χ4v) is 4.59. The van der Waals surface area contributed by atoms with Gasteiger partial charge < -0.3 is 10.2 Å². The van der Waals surface area contributed by atoms with E-state index in [1.165, 1.54) is 17.8 Å². The molecular weight excluding hydrogens is 470 g/mol. The van der Waals surface area contributed by atoms with Crippen molar-refractivity contribution in [1.82, 2.24) is 10.2 Å². The second-order valence-electron chi connectivity index (χ2n) is 7.87. The summed E-state index contributed by atoms with van der Waals surface area (Å²) in [4.78, 5) is 27.7. The lowest BCUT2D eigenvalue weighted by Gasteiger charge is -2.31. The summed E-state index contributed by atoms with van der Waals surface area (Å²) >= 11 is 13.7. The minimum Gasteiger partial charge on any atom is -0.354 e. The van der Waals surface area contributed by atoms with Crippen molar-refractivity contribution in [2.24, 2.45) is 5.92 Å². The number of nitrogens with one attached hydrogen (secondary N) is 1. The molecule has 0 saturated carbocycles. The molecule has 0 fully saturated rings. The van der Waals surface area contributed by atoms with Gasteiger partial charge in [0.1, 0.15) is 11.9 Å². The molecule has 2 amide bonds. The normalized spacial score (nSPS) is 12.0. The Hall–Kier alpha value is -1.76. The van der Waals surface area contributed by atoms with Crippen molar-refractivity contribution < 1.29 is 14.0 Å². The van der Waals surface area contributed by atoms with Gasteiger partial charge in [-0.15, -0.1) is 11.8 Å². The van der Waals surface area contributed by atoms with E-state index in [2.05, 4.69) is 5.32 Å². The van der Waals surface area contributed by atoms with Crippen LogP contribution in [0.1, 0.15) is 38.3 Å². The molecular formula is C24H29Cl2FN2O2S. The van der Waals surface area contributed by atoms with E-state index in [0.29, 0.717) is 34.5 Å². The minimum absolute atomic E-state index is 0.0864. The average molecular weight is 499 g/mol. The van der Waals surface area contributed by atoms with Crippen LogP contribution in [0.3, 0.4) is 0 Å². The molecule has 0 radical (unpaired) electrons. The van der Waals surface area contributed by atoms with E-state index in [0.717, 1.165) is 5.56 Å². The largest absolute Gasteiger partial charge is 0.354 e. The fourth-order valence-electron chi connectivity index (χ4n) is 3.15. The standard InChI is InChI=1S/C24H29Cl2FN2O2S/c1-4-22(24(31)28-12-16(2)3)29(13-17-8-5-6-9-19(17)25)23(30)15-32-14-18-20(26)10-7-11-21(18)27/h5-11,16,22H,4,12-15H2,1-3H3,(H,28,31)/t22-/m1/s1. The van der Waals surface area contributed by atoms with Gasteiger partial charge in [-0.05, 0) is 36.1 Å². The lowest BCUT2D eigenvalue weighted by atomic mass is 10.1. The van der Waals surface area contributed by atoms with Gasteiger partial charge in [0.2, 0.25) is 11.8 Å². The molecule has 0 heterocycles. The van der Waals surface area contributed by atoms with E-state index in [1.54, 1.807) is 23.1 Å². The van der Waals surface area contributed by atoms with Crippen LogP contribution in [0, 0.1) is 11.7 Å². The Bertz CT molecular complexity index is 906. The van der Waals surface area contributed by atoms with Crippen molar-refractivity contribution in [3.63, 3.8) is 0 Å². The summed E-state index contributed by atoms with van der Waals surface area (Å²) in [7, 11) is 0. The number of nitrogens with zero attached hydrogens (tertiary/aromatic N) is 1. The number of rotatable bonds is 11. The molecule has 32 heavy (non-hydrogen) atoms. The first-order valence-corrected chi connectivity index (χ1v) is 12.5. The van der Waals surface area contributed by atoms with Crippen LogP contribution in [0.25, 0.3) is 0 Å². The maximum Gasteiger partial charge on any atom is 0.242 e. The molecule has 0 saturated heterocycles. The Morgan fingerprint density at radius 1 is 1.09 bits per heavy atom. The molecule has 174 valence electrons. The Labute approximate surface area is 203 Å². The Morgan fingerprint density at radius 2 is 1.78 bits per heavy atom. The predicted molar refractivity (Wildman–Crippen MR) is 132 cm³/mol. The highest BCUT2D eigenvalue weighted by Gasteiger charge is 2.29. The van der Waals surface area contributed by atoms with E-state index in [-0.39, 0.29) is 29.9 Å². The van der Waals surface area contributed by atoms with Crippen molar-refractivity contribution in [3.8, 4) is 0 Å². The molecule has 2 aromatic carbocycles. The van der Waals surface area contributed by atoms with Crippen LogP contribution in [0.2, 0.25) is 10.0 Å². The van der Waals surface area contributed by atoms with Crippen molar-refractivity contribution in [1.29, 1.82) is 0 Å². The van der Waals surface area contributed by atoms with E-state index >= 15 is 0 Å². The number of hydrogen-bond donors (Lipinski definition) is 1. The smallest absolute Gasteiger partial charge is 0.242 e.